The minimum absolute atomic E-state index is 0.658. The molecule has 0 bridgehead atoms. The van der Waals surface area contributed by atoms with Crippen LogP contribution in [0.2, 0.25) is 0 Å². The Balaban J connectivity index is 1.93. The van der Waals surface area contributed by atoms with E-state index < -0.39 is 0 Å². The summed E-state index contributed by atoms with van der Waals surface area (Å²) in [6.45, 7) is 4.96. The minimum Gasteiger partial charge on any atom is -0.492 e. The number of nitrogens with one attached hydrogen (secondary N) is 1. The molecule has 2 rings (SSSR count). The van der Waals surface area contributed by atoms with E-state index in [1.54, 1.807) is 18.4 Å². The number of nitrogens with zero attached hydrogens (tertiary/aromatic N) is 4. The van der Waals surface area contributed by atoms with Crippen LogP contribution in [0, 0.1) is 6.92 Å². The zero-order valence-corrected chi connectivity index (χ0v) is 17.1. The van der Waals surface area contributed by atoms with Crippen LogP contribution in [0.5, 0.6) is 5.75 Å². The molecule has 0 fully saturated rings. The summed E-state index contributed by atoms with van der Waals surface area (Å²) in [7, 11) is 7.90. The van der Waals surface area contributed by atoms with Crippen molar-refractivity contribution in [3.63, 3.8) is 0 Å². The second-order valence-corrected chi connectivity index (χ2v) is 7.44. The van der Waals surface area contributed by atoms with Crippen molar-refractivity contribution < 1.29 is 4.74 Å². The van der Waals surface area contributed by atoms with Gasteiger partial charge in [0, 0.05) is 38.1 Å². The number of para-hydroxylation sites is 1. The third-order valence-corrected chi connectivity index (χ3v) is 4.67. The topological polar surface area (TPSA) is 53.0 Å². The van der Waals surface area contributed by atoms with E-state index in [2.05, 4.69) is 36.5 Å². The van der Waals surface area contributed by atoms with Gasteiger partial charge < -0.3 is 19.9 Å². The fourth-order valence-corrected chi connectivity index (χ4v) is 3.09. The second-order valence-electron chi connectivity index (χ2n) is 6.37. The van der Waals surface area contributed by atoms with E-state index in [0.717, 1.165) is 41.1 Å². The molecule has 1 aromatic heterocycles. The number of guanidine groups is 1. The van der Waals surface area contributed by atoms with Crippen molar-refractivity contribution in [3.05, 3.63) is 45.9 Å². The Labute approximate surface area is 160 Å². The number of likely N-dealkylation sites (N-methyl/N-ethyl adjacent to an activating group) is 1. The molecule has 0 amide bonds. The number of thiazole rings is 1. The van der Waals surface area contributed by atoms with Crippen molar-refractivity contribution in [2.24, 2.45) is 4.99 Å². The zero-order valence-electron chi connectivity index (χ0n) is 16.3. The van der Waals surface area contributed by atoms with Gasteiger partial charge in [0.25, 0.3) is 0 Å². The Hall–Kier alpha value is -2.12. The van der Waals surface area contributed by atoms with Crippen molar-refractivity contribution in [2.45, 2.75) is 20.0 Å². The lowest BCUT2D eigenvalue weighted by Crippen LogP contribution is -2.38. The lowest BCUT2D eigenvalue weighted by Gasteiger charge is -2.22. The Bertz CT molecular complexity index is 713. The van der Waals surface area contributed by atoms with Gasteiger partial charge in [-0.2, -0.15) is 0 Å². The van der Waals surface area contributed by atoms with Gasteiger partial charge in [-0.3, -0.25) is 4.99 Å². The Morgan fingerprint density at radius 3 is 2.69 bits per heavy atom. The smallest absolute Gasteiger partial charge is 0.194 e. The predicted molar refractivity (Wildman–Crippen MR) is 109 cm³/mol. The van der Waals surface area contributed by atoms with Gasteiger partial charge in [0.1, 0.15) is 12.4 Å². The van der Waals surface area contributed by atoms with Crippen molar-refractivity contribution in [1.29, 1.82) is 0 Å². The van der Waals surface area contributed by atoms with Gasteiger partial charge in [0.05, 0.1) is 17.2 Å². The van der Waals surface area contributed by atoms with E-state index in [0.29, 0.717) is 13.2 Å². The van der Waals surface area contributed by atoms with E-state index in [-0.39, 0.29) is 0 Å². The molecule has 1 heterocycles. The van der Waals surface area contributed by atoms with Crippen LogP contribution >= 0.6 is 11.3 Å². The van der Waals surface area contributed by atoms with Gasteiger partial charge in [-0.25, -0.2) is 4.98 Å². The summed E-state index contributed by atoms with van der Waals surface area (Å²) in [6.07, 6.45) is 0. The van der Waals surface area contributed by atoms with Gasteiger partial charge in [0.2, 0.25) is 0 Å². The van der Waals surface area contributed by atoms with Crippen molar-refractivity contribution in [3.8, 4) is 5.75 Å². The first-order valence-corrected chi connectivity index (χ1v) is 9.55. The fourth-order valence-electron chi connectivity index (χ4n) is 2.49. The number of aliphatic imine (C=N–C) groups is 1. The van der Waals surface area contributed by atoms with Gasteiger partial charge in [0.15, 0.2) is 5.96 Å². The highest BCUT2D eigenvalue weighted by molar-refractivity contribution is 7.09. The fraction of sp³-hybridized carbons (Fsp3) is 0.474. The summed E-state index contributed by atoms with van der Waals surface area (Å²) in [6, 6.07) is 8.12. The summed E-state index contributed by atoms with van der Waals surface area (Å²) >= 11 is 1.67. The molecule has 0 unspecified atom stereocenters. The van der Waals surface area contributed by atoms with Crippen molar-refractivity contribution in [1.82, 2.24) is 20.1 Å². The predicted octanol–water partition coefficient (Wildman–Crippen LogP) is 2.60. The maximum Gasteiger partial charge on any atom is 0.194 e. The van der Waals surface area contributed by atoms with E-state index >= 15 is 0 Å². The van der Waals surface area contributed by atoms with E-state index in [4.69, 9.17) is 4.74 Å². The largest absolute Gasteiger partial charge is 0.492 e. The maximum absolute atomic E-state index is 5.93. The van der Waals surface area contributed by atoms with Crippen LogP contribution in [0.4, 0.5) is 0 Å². The van der Waals surface area contributed by atoms with Gasteiger partial charge in [-0.1, -0.05) is 18.2 Å². The monoisotopic (exact) mass is 375 g/mol. The van der Waals surface area contributed by atoms with E-state index in [9.17, 15) is 0 Å². The summed E-state index contributed by atoms with van der Waals surface area (Å²) in [5.41, 5.74) is 2.18. The lowest BCUT2D eigenvalue weighted by atomic mass is 10.2. The molecule has 0 aliphatic rings. The molecule has 0 saturated heterocycles. The molecule has 7 heteroatoms. The molecule has 0 saturated carbocycles. The first-order chi connectivity index (χ1) is 12.5. The van der Waals surface area contributed by atoms with Gasteiger partial charge in [-0.05, 0) is 27.1 Å². The van der Waals surface area contributed by atoms with Crippen LogP contribution in [-0.4, -0.2) is 62.1 Å². The number of benzene rings is 1. The van der Waals surface area contributed by atoms with Gasteiger partial charge in [-0.15, -0.1) is 11.3 Å². The van der Waals surface area contributed by atoms with Crippen molar-refractivity contribution >= 4 is 17.3 Å². The summed E-state index contributed by atoms with van der Waals surface area (Å²) in [4.78, 5) is 13.1. The molecule has 2 aromatic rings. The Morgan fingerprint density at radius 1 is 1.27 bits per heavy atom. The quantitative estimate of drug-likeness (QED) is 0.568. The summed E-state index contributed by atoms with van der Waals surface area (Å²) in [5.74, 6) is 1.74. The molecular weight excluding hydrogens is 346 g/mol. The number of hydrogen-bond donors (Lipinski definition) is 1. The highest BCUT2D eigenvalue weighted by atomic mass is 32.1. The Kier molecular flexibility index (Phi) is 7.87. The number of aromatic nitrogens is 1. The summed E-state index contributed by atoms with van der Waals surface area (Å²) in [5, 5.41) is 6.59. The van der Waals surface area contributed by atoms with Gasteiger partial charge >= 0.3 is 0 Å². The van der Waals surface area contributed by atoms with Crippen LogP contribution in [0.3, 0.4) is 0 Å². The second kappa shape index (κ2) is 10.1. The normalized spacial score (nSPS) is 11.7. The molecule has 6 nitrogen and oxygen atoms in total. The molecule has 1 N–H and O–H groups in total. The first kappa shape index (κ1) is 20.2. The Morgan fingerprint density at radius 2 is 2.04 bits per heavy atom. The molecular formula is C19H29N5OS. The molecule has 1 aromatic carbocycles. The standard InChI is InChI=1S/C19H29N5OS/c1-15-22-17(14-26-15)13-24(5)19(20-2)21-12-16-8-6-7-9-18(16)25-11-10-23(3)4/h6-9,14H,10-13H2,1-5H3,(H,20,21). The molecule has 142 valence electrons. The van der Waals surface area contributed by atoms with Crippen LogP contribution in [-0.2, 0) is 13.1 Å². The molecule has 0 aliphatic carbocycles. The molecule has 0 radical (unpaired) electrons. The molecule has 0 aliphatic heterocycles. The third-order valence-electron chi connectivity index (χ3n) is 3.84. The van der Waals surface area contributed by atoms with Crippen LogP contribution in [0.25, 0.3) is 0 Å². The maximum atomic E-state index is 5.93. The number of aryl methyl sites for hydroxylation is 1. The highest BCUT2D eigenvalue weighted by Gasteiger charge is 2.10. The highest BCUT2D eigenvalue weighted by Crippen LogP contribution is 2.18. The van der Waals surface area contributed by atoms with Crippen LogP contribution < -0.4 is 10.1 Å². The number of hydrogen-bond acceptors (Lipinski definition) is 5. The zero-order chi connectivity index (χ0) is 18.9. The van der Waals surface area contributed by atoms with Crippen molar-refractivity contribution in [2.75, 3.05) is 41.3 Å². The molecule has 26 heavy (non-hydrogen) atoms. The lowest BCUT2D eigenvalue weighted by molar-refractivity contribution is 0.259. The molecule has 0 atom stereocenters. The van der Waals surface area contributed by atoms with Crippen LogP contribution in [0.15, 0.2) is 34.6 Å². The SMILES string of the molecule is CN=C(NCc1ccccc1OCCN(C)C)N(C)Cc1csc(C)n1. The molecule has 0 spiro atoms. The minimum atomic E-state index is 0.658. The average molecular weight is 376 g/mol. The van der Waals surface area contributed by atoms with E-state index in [1.807, 2.05) is 46.3 Å². The summed E-state index contributed by atoms with van der Waals surface area (Å²) < 4.78 is 5.93. The third kappa shape index (κ3) is 6.31. The number of ether oxygens (including phenoxy) is 1. The van der Waals surface area contributed by atoms with Crippen LogP contribution in [0.1, 0.15) is 16.3 Å². The number of rotatable bonds is 8. The van der Waals surface area contributed by atoms with E-state index in [1.165, 1.54) is 0 Å². The average Bonchev–Trinajstić information content (AvgIpc) is 3.01. The first-order valence-electron chi connectivity index (χ1n) is 8.68.